The van der Waals surface area contributed by atoms with Crippen molar-refractivity contribution >= 4 is 0 Å². The maximum absolute atomic E-state index is 12.3. The first kappa shape index (κ1) is 44.8. The molecule has 0 aliphatic carbocycles. The number of phenols is 4. The molecule has 4 unspecified atom stereocenters. The first-order chi connectivity index (χ1) is 32.1. The van der Waals surface area contributed by atoms with Gasteiger partial charge in [-0.1, -0.05) is 128 Å². The van der Waals surface area contributed by atoms with Crippen LogP contribution >= 0.6 is 0 Å². The number of rotatable bonds is 15. The van der Waals surface area contributed by atoms with Gasteiger partial charge < -0.3 is 39.4 Å². The third-order valence-electron chi connectivity index (χ3n) is 12.7. The predicted molar refractivity (Wildman–Crippen MR) is 259 cm³/mol. The summed E-state index contributed by atoms with van der Waals surface area (Å²) in [7, 11) is 6.30. The van der Waals surface area contributed by atoms with E-state index in [0.717, 1.165) is 33.4 Å². The molecule has 0 aliphatic heterocycles. The van der Waals surface area contributed by atoms with Crippen LogP contribution in [0.3, 0.4) is 0 Å². The molecule has 4 atom stereocenters. The summed E-state index contributed by atoms with van der Waals surface area (Å²) >= 11 is 0. The van der Waals surface area contributed by atoms with Crippen molar-refractivity contribution in [1.82, 2.24) is 0 Å². The van der Waals surface area contributed by atoms with E-state index in [9.17, 15) is 20.4 Å². The molecule has 0 radical (unpaired) electrons. The first-order valence-corrected chi connectivity index (χ1v) is 21.9. The minimum atomic E-state index is -0.667. The number of ether oxygens (including phenoxy) is 4. The van der Waals surface area contributed by atoms with Crippen molar-refractivity contribution in [3.05, 3.63) is 237 Å². The quantitative estimate of drug-likeness (QED) is 0.0752. The van der Waals surface area contributed by atoms with Gasteiger partial charge in [-0.2, -0.15) is 0 Å². The third-order valence-corrected chi connectivity index (χ3v) is 12.7. The van der Waals surface area contributed by atoms with Crippen LogP contribution in [0, 0.1) is 6.92 Å². The Morgan fingerprint density at radius 2 is 0.591 bits per heavy atom. The van der Waals surface area contributed by atoms with Crippen molar-refractivity contribution in [2.24, 2.45) is 0 Å². The van der Waals surface area contributed by atoms with Crippen LogP contribution in [-0.4, -0.2) is 48.9 Å². The summed E-state index contributed by atoms with van der Waals surface area (Å²) < 4.78 is 24.0. The maximum atomic E-state index is 12.3. The fourth-order valence-corrected chi connectivity index (χ4v) is 9.36. The topological polar surface area (TPSA) is 118 Å². The van der Waals surface area contributed by atoms with E-state index in [1.54, 1.807) is 52.7 Å². The second kappa shape index (κ2) is 19.5. The molecule has 0 saturated carbocycles. The highest BCUT2D eigenvalue weighted by atomic mass is 16.5. The normalized spacial score (nSPS) is 13.0. The van der Waals surface area contributed by atoms with Gasteiger partial charge in [-0.3, -0.25) is 0 Å². The largest absolute Gasteiger partial charge is 0.508 e. The van der Waals surface area contributed by atoms with Crippen molar-refractivity contribution in [2.75, 3.05) is 28.4 Å². The van der Waals surface area contributed by atoms with Gasteiger partial charge >= 0.3 is 0 Å². The van der Waals surface area contributed by atoms with Crippen molar-refractivity contribution in [3.8, 4) is 46.0 Å². The second-order valence-corrected chi connectivity index (χ2v) is 16.5. The summed E-state index contributed by atoms with van der Waals surface area (Å²) in [5, 5.41) is 47.2. The molecule has 4 N–H and O–H groups in total. The minimum absolute atomic E-state index is 0.0108. The molecule has 0 aliphatic rings. The highest BCUT2D eigenvalue weighted by Crippen LogP contribution is 2.52. The van der Waals surface area contributed by atoms with Crippen LogP contribution in [0.4, 0.5) is 0 Å². The zero-order valence-corrected chi connectivity index (χ0v) is 37.9. The van der Waals surface area contributed by atoms with Crippen LogP contribution in [-0.2, 0) is 0 Å². The van der Waals surface area contributed by atoms with E-state index in [2.05, 4.69) is 19.1 Å². The molecule has 0 aromatic heterocycles. The van der Waals surface area contributed by atoms with Crippen molar-refractivity contribution < 1.29 is 39.4 Å². The Balaban J connectivity index is 1.40. The summed E-state index contributed by atoms with van der Waals surface area (Å²) in [6.45, 7) is 3.95. The minimum Gasteiger partial charge on any atom is -0.508 e. The Morgan fingerprint density at radius 1 is 0.318 bits per heavy atom. The molecule has 0 amide bonds. The number of hydrogen-bond acceptors (Lipinski definition) is 8. The van der Waals surface area contributed by atoms with Gasteiger partial charge in [0.1, 0.15) is 46.0 Å². The average molecular weight is 879 g/mol. The molecule has 8 rings (SSSR count). The maximum Gasteiger partial charge on any atom is 0.126 e. The number of aryl methyl sites for hydroxylation is 1. The molecule has 8 aromatic carbocycles. The molecule has 8 heteroatoms. The molecule has 0 bridgehead atoms. The SMILES string of the molecule is COc1cc(O)c(C(c2ccccc2)c2cc(C(c3ccccc3)c3cc(C(c4ccccc4)c4cc(C)c(O)cc4OC)c(O)cc3OC)c(O)cc2OC)cc1C(C)c1ccccc1. The molecule has 0 fully saturated rings. The van der Waals surface area contributed by atoms with Crippen LogP contribution < -0.4 is 18.9 Å². The Kier molecular flexibility index (Phi) is 13.2. The Labute approximate surface area is 386 Å². The van der Waals surface area contributed by atoms with Gasteiger partial charge in [-0.05, 0) is 59.0 Å². The van der Waals surface area contributed by atoms with Gasteiger partial charge in [-0.15, -0.1) is 0 Å². The molecule has 8 nitrogen and oxygen atoms in total. The number of benzene rings is 8. The predicted octanol–water partition coefficient (Wildman–Crippen LogP) is 12.5. The number of methoxy groups -OCH3 is 4. The molecular weight excluding hydrogens is 825 g/mol. The van der Waals surface area contributed by atoms with E-state index in [0.29, 0.717) is 56.4 Å². The molecule has 334 valence electrons. The zero-order valence-electron chi connectivity index (χ0n) is 37.9. The fraction of sp³-hybridized carbons (Fsp3) is 0.172. The van der Waals surface area contributed by atoms with E-state index in [-0.39, 0.29) is 28.9 Å². The van der Waals surface area contributed by atoms with E-state index < -0.39 is 17.8 Å². The standard InChI is InChI=1S/C58H54O8/c1-35-27-45(53(64-4)31-48(35)59)56(38-21-13-8-14-22-38)43-29-47(55(66-6)33-50(43)61)58(40-25-17-10-18-26-40)44-30-46(54(65-5)34-51(44)62)57(39-23-15-9-16-24-39)42-28-41(52(63-3)32-49(42)60)36(2)37-19-11-7-12-20-37/h7-34,36,56-62H,1-6H3. The van der Waals surface area contributed by atoms with E-state index in [1.807, 2.05) is 140 Å². The summed E-state index contributed by atoms with van der Waals surface area (Å²) in [4.78, 5) is 0. The lowest BCUT2D eigenvalue weighted by molar-refractivity contribution is 0.395. The van der Waals surface area contributed by atoms with E-state index in [4.69, 9.17) is 18.9 Å². The van der Waals surface area contributed by atoms with E-state index in [1.165, 1.54) is 0 Å². The molecule has 0 heterocycles. The monoisotopic (exact) mass is 878 g/mol. The summed E-state index contributed by atoms with van der Waals surface area (Å²) in [5.74, 6) is 0.0254. The summed E-state index contributed by atoms with van der Waals surface area (Å²) in [5.41, 5.74) is 9.06. The highest BCUT2D eigenvalue weighted by molar-refractivity contribution is 5.65. The number of hydrogen-bond donors (Lipinski definition) is 4. The van der Waals surface area contributed by atoms with Crippen molar-refractivity contribution in [1.29, 1.82) is 0 Å². The van der Waals surface area contributed by atoms with Gasteiger partial charge in [0.2, 0.25) is 0 Å². The summed E-state index contributed by atoms with van der Waals surface area (Å²) in [6.07, 6.45) is 0. The lowest BCUT2D eigenvalue weighted by atomic mass is 9.77. The van der Waals surface area contributed by atoms with Crippen molar-refractivity contribution in [2.45, 2.75) is 37.5 Å². The smallest absolute Gasteiger partial charge is 0.126 e. The Hall–Kier alpha value is -7.84. The fourth-order valence-electron chi connectivity index (χ4n) is 9.36. The second-order valence-electron chi connectivity index (χ2n) is 16.5. The summed E-state index contributed by atoms with van der Waals surface area (Å²) in [6, 6.07) is 54.1. The highest BCUT2D eigenvalue weighted by Gasteiger charge is 2.33. The van der Waals surface area contributed by atoms with Crippen LogP contribution in [0.5, 0.6) is 46.0 Å². The first-order valence-electron chi connectivity index (χ1n) is 21.9. The molecular formula is C58H54O8. The number of phenolic OH excluding ortho intramolecular Hbond substituents is 4. The Morgan fingerprint density at radius 3 is 0.924 bits per heavy atom. The molecule has 8 aromatic rings. The van der Waals surface area contributed by atoms with Gasteiger partial charge in [-0.25, -0.2) is 0 Å². The van der Waals surface area contributed by atoms with E-state index >= 15 is 0 Å². The third kappa shape index (κ3) is 8.70. The van der Waals surface area contributed by atoms with Crippen LogP contribution in [0.15, 0.2) is 170 Å². The van der Waals surface area contributed by atoms with Crippen LogP contribution in [0.25, 0.3) is 0 Å². The van der Waals surface area contributed by atoms with Crippen LogP contribution in [0.2, 0.25) is 0 Å². The van der Waals surface area contributed by atoms with Gasteiger partial charge in [0.25, 0.3) is 0 Å². The van der Waals surface area contributed by atoms with Gasteiger partial charge in [0.15, 0.2) is 0 Å². The number of aromatic hydroxyl groups is 4. The van der Waals surface area contributed by atoms with Gasteiger partial charge in [0, 0.05) is 86.9 Å². The lowest BCUT2D eigenvalue weighted by Crippen LogP contribution is -2.12. The molecule has 66 heavy (non-hydrogen) atoms. The van der Waals surface area contributed by atoms with Gasteiger partial charge in [0.05, 0.1) is 28.4 Å². The average Bonchev–Trinajstić information content (AvgIpc) is 3.35. The molecule has 0 spiro atoms. The Bertz CT molecular complexity index is 2940. The van der Waals surface area contributed by atoms with Crippen molar-refractivity contribution in [3.63, 3.8) is 0 Å². The lowest BCUT2D eigenvalue weighted by Gasteiger charge is -2.29. The van der Waals surface area contributed by atoms with Crippen LogP contribution in [0.1, 0.15) is 97.4 Å². The molecule has 0 saturated heterocycles. The zero-order chi connectivity index (χ0) is 46.5.